The summed E-state index contributed by atoms with van der Waals surface area (Å²) in [5, 5.41) is 48.3. The predicted octanol–water partition coefficient (Wildman–Crippen LogP) is 1.83. The van der Waals surface area contributed by atoms with Crippen LogP contribution < -0.4 is 11.1 Å². The topological polar surface area (TPSA) is 179 Å². The van der Waals surface area contributed by atoms with Crippen molar-refractivity contribution in [3.63, 3.8) is 0 Å². The molecular formula is C29H34N2O8. The molecule has 5 aliphatic rings. The highest BCUT2D eigenvalue weighted by atomic mass is 16.5. The van der Waals surface area contributed by atoms with Crippen LogP contribution in [0.5, 0.6) is 5.75 Å². The maximum absolute atomic E-state index is 14.1. The minimum absolute atomic E-state index is 0.0869. The Bertz CT molecular complexity index is 1320. The number of nitrogens with one attached hydrogen (secondary N) is 1. The van der Waals surface area contributed by atoms with Gasteiger partial charge in [-0.25, -0.2) is 0 Å². The van der Waals surface area contributed by atoms with E-state index in [9.17, 15) is 34.8 Å². The van der Waals surface area contributed by atoms with E-state index in [0.29, 0.717) is 32.5 Å². The first-order chi connectivity index (χ1) is 18.6. The number of carbonyl (C=O) groups excluding carboxylic acids is 3. The number of benzene rings is 1. The number of carbonyl (C=O) groups is 3. The van der Waals surface area contributed by atoms with Gasteiger partial charge in [-0.3, -0.25) is 14.4 Å². The minimum atomic E-state index is -2.64. The Morgan fingerprint density at radius 3 is 2.38 bits per heavy atom. The zero-order valence-corrected chi connectivity index (χ0v) is 21.6. The van der Waals surface area contributed by atoms with Crippen LogP contribution in [-0.2, 0) is 25.5 Å². The third kappa shape index (κ3) is 3.83. The Morgan fingerprint density at radius 1 is 1.03 bits per heavy atom. The average Bonchev–Trinajstić information content (AvgIpc) is 3.44. The van der Waals surface area contributed by atoms with E-state index in [2.05, 4.69) is 5.32 Å². The number of aliphatic hydroxyl groups is 3. The number of rotatable bonds is 4. The number of amides is 1. The van der Waals surface area contributed by atoms with Crippen LogP contribution >= 0.6 is 0 Å². The zero-order chi connectivity index (χ0) is 27.6. The van der Waals surface area contributed by atoms with Gasteiger partial charge in [0.1, 0.15) is 22.8 Å². The number of aliphatic hydroxyl groups excluding tert-OH is 2. The van der Waals surface area contributed by atoms with Gasteiger partial charge in [-0.15, -0.1) is 0 Å². The third-order valence-corrected chi connectivity index (χ3v) is 9.55. The van der Waals surface area contributed by atoms with Gasteiger partial charge in [-0.05, 0) is 67.6 Å². The van der Waals surface area contributed by atoms with E-state index >= 15 is 0 Å². The Balaban J connectivity index is 1.48. The van der Waals surface area contributed by atoms with Gasteiger partial charge in [-0.1, -0.05) is 18.9 Å². The highest BCUT2D eigenvalue weighted by molar-refractivity contribution is 6.24. The van der Waals surface area contributed by atoms with Gasteiger partial charge in [0.2, 0.25) is 5.78 Å². The normalized spacial score (nSPS) is 31.8. The van der Waals surface area contributed by atoms with E-state index in [0.717, 1.165) is 36.8 Å². The molecule has 1 saturated heterocycles. The lowest BCUT2D eigenvalue weighted by Gasteiger charge is -2.50. The number of phenolic OH excluding ortho intramolecular Hbond substituents is 1. The van der Waals surface area contributed by atoms with Gasteiger partial charge >= 0.3 is 0 Å². The molecule has 10 heteroatoms. The number of aromatic hydroxyl groups is 1. The number of fused-ring (bicyclic) bond motifs is 3. The maximum atomic E-state index is 14.1. The van der Waals surface area contributed by atoms with Crippen molar-refractivity contribution in [3.05, 3.63) is 45.7 Å². The summed E-state index contributed by atoms with van der Waals surface area (Å²) in [6.07, 6.45) is 5.80. The molecule has 10 nitrogen and oxygen atoms in total. The van der Waals surface area contributed by atoms with Crippen LogP contribution in [0.25, 0.3) is 5.76 Å². The summed E-state index contributed by atoms with van der Waals surface area (Å²) in [4.78, 5) is 39.9. The minimum Gasteiger partial charge on any atom is -0.508 e. The van der Waals surface area contributed by atoms with Crippen molar-refractivity contribution in [1.82, 2.24) is 5.32 Å². The van der Waals surface area contributed by atoms with Crippen molar-refractivity contribution < 1.29 is 39.5 Å². The van der Waals surface area contributed by atoms with E-state index in [1.54, 1.807) is 0 Å². The molecule has 4 aliphatic carbocycles. The lowest BCUT2D eigenvalue weighted by molar-refractivity contribution is -0.150. The maximum Gasteiger partial charge on any atom is 0.255 e. The van der Waals surface area contributed by atoms with Crippen molar-refractivity contribution in [2.24, 2.45) is 17.6 Å². The second-order valence-electron chi connectivity index (χ2n) is 11.6. The molecule has 1 heterocycles. The van der Waals surface area contributed by atoms with Crippen LogP contribution in [0.2, 0.25) is 0 Å². The fourth-order valence-corrected chi connectivity index (χ4v) is 7.63. The molecule has 7 N–H and O–H groups in total. The summed E-state index contributed by atoms with van der Waals surface area (Å²) in [5.74, 6) is -6.05. The number of hydrogen-bond acceptors (Lipinski definition) is 9. The summed E-state index contributed by atoms with van der Waals surface area (Å²) in [6, 6.07) is 2.09. The summed E-state index contributed by atoms with van der Waals surface area (Å²) >= 11 is 0. The smallest absolute Gasteiger partial charge is 0.255 e. The first-order valence-electron chi connectivity index (χ1n) is 13.8. The standard InChI is InChI=1S/C29H34N2O8/c30-28(37)22-25(34)23(31-15-7-9-39-10-8-15)18-12-14-11-17-16(13-3-1-2-4-13)5-6-19(32)21(17)24(33)20(14)26(35)29(18,38)27(22)36/h5-6,13-15,18,23,31-33,36,38H,1-4,7-12H2,(H2,30,37). The molecule has 0 radical (unpaired) electrons. The van der Waals surface area contributed by atoms with E-state index in [1.807, 2.05) is 6.07 Å². The molecule has 4 unspecified atom stereocenters. The third-order valence-electron chi connectivity index (χ3n) is 9.55. The fourth-order valence-electron chi connectivity index (χ4n) is 7.63. The van der Waals surface area contributed by atoms with Gasteiger partial charge in [0.15, 0.2) is 11.4 Å². The van der Waals surface area contributed by atoms with Crippen molar-refractivity contribution in [2.45, 2.75) is 75.0 Å². The number of primary amides is 1. The van der Waals surface area contributed by atoms with Gasteiger partial charge in [0, 0.05) is 30.7 Å². The zero-order valence-electron chi connectivity index (χ0n) is 21.6. The number of ether oxygens (including phenoxy) is 1. The average molecular weight is 539 g/mol. The SMILES string of the molecule is NC(=O)C1=C(O)C2(O)C(=O)C3=C(O)c4c(O)ccc(C5CCCC5)c4CC3CC2C(NC2CCOCC2)C1=O. The van der Waals surface area contributed by atoms with Crippen molar-refractivity contribution >= 4 is 23.2 Å². The molecule has 1 aromatic rings. The van der Waals surface area contributed by atoms with Crippen LogP contribution in [0, 0.1) is 11.8 Å². The molecule has 6 rings (SSSR count). The van der Waals surface area contributed by atoms with Crippen molar-refractivity contribution in [2.75, 3.05) is 13.2 Å². The summed E-state index contributed by atoms with van der Waals surface area (Å²) in [6.45, 7) is 0.952. The van der Waals surface area contributed by atoms with Crippen LogP contribution in [0.4, 0.5) is 0 Å². The molecule has 0 bridgehead atoms. The van der Waals surface area contributed by atoms with Crippen LogP contribution in [0.15, 0.2) is 29.0 Å². The lowest BCUT2D eigenvalue weighted by Crippen LogP contribution is -2.67. The van der Waals surface area contributed by atoms with Crippen LogP contribution in [0.3, 0.4) is 0 Å². The fraction of sp³-hybridized carbons (Fsp3) is 0.552. The predicted molar refractivity (Wildman–Crippen MR) is 139 cm³/mol. The molecule has 39 heavy (non-hydrogen) atoms. The molecule has 0 spiro atoms. The van der Waals surface area contributed by atoms with Gasteiger partial charge in [0.25, 0.3) is 5.91 Å². The van der Waals surface area contributed by atoms with E-state index in [4.69, 9.17) is 10.5 Å². The molecule has 2 saturated carbocycles. The van der Waals surface area contributed by atoms with Gasteiger partial charge < -0.3 is 36.2 Å². The summed E-state index contributed by atoms with van der Waals surface area (Å²) in [7, 11) is 0. The van der Waals surface area contributed by atoms with Gasteiger partial charge in [-0.2, -0.15) is 0 Å². The van der Waals surface area contributed by atoms with Crippen LogP contribution in [0.1, 0.15) is 67.6 Å². The first-order valence-corrected chi connectivity index (χ1v) is 13.8. The molecule has 208 valence electrons. The quantitative estimate of drug-likeness (QED) is 0.312. The lowest BCUT2D eigenvalue weighted by atomic mass is 9.57. The Kier molecular flexibility index (Phi) is 6.32. The molecule has 3 fully saturated rings. The highest BCUT2D eigenvalue weighted by Crippen LogP contribution is 2.53. The largest absolute Gasteiger partial charge is 0.508 e. The first kappa shape index (κ1) is 26.0. The molecule has 1 aromatic carbocycles. The number of ketones is 2. The second kappa shape index (κ2) is 9.46. The van der Waals surface area contributed by atoms with Gasteiger partial charge in [0.05, 0.1) is 11.6 Å². The number of phenols is 1. The Hall–Kier alpha value is -3.21. The molecular weight excluding hydrogens is 504 g/mol. The van der Waals surface area contributed by atoms with E-state index in [1.165, 1.54) is 6.07 Å². The number of nitrogens with two attached hydrogens (primary N) is 1. The van der Waals surface area contributed by atoms with E-state index < -0.39 is 58.0 Å². The molecule has 1 amide bonds. The molecule has 0 aromatic heterocycles. The second-order valence-corrected chi connectivity index (χ2v) is 11.6. The monoisotopic (exact) mass is 538 g/mol. The highest BCUT2D eigenvalue weighted by Gasteiger charge is 2.64. The summed E-state index contributed by atoms with van der Waals surface area (Å²) in [5.41, 5.74) is 3.86. The van der Waals surface area contributed by atoms with Crippen LogP contribution in [-0.4, -0.2) is 68.8 Å². The number of hydrogen-bond donors (Lipinski definition) is 6. The summed E-state index contributed by atoms with van der Waals surface area (Å²) < 4.78 is 5.41. The molecule has 4 atom stereocenters. The van der Waals surface area contributed by atoms with Crippen molar-refractivity contribution in [3.8, 4) is 5.75 Å². The number of Topliss-reactive ketones (excluding diaryl/α,β-unsaturated/α-hetero) is 2. The molecule has 1 aliphatic heterocycles. The Labute approximate surface area is 225 Å². The van der Waals surface area contributed by atoms with E-state index in [-0.39, 0.29) is 35.3 Å². The Morgan fingerprint density at radius 2 is 1.72 bits per heavy atom. The van der Waals surface area contributed by atoms with Crippen molar-refractivity contribution in [1.29, 1.82) is 0 Å².